The molecule has 0 aromatic carbocycles. The van der Waals surface area contributed by atoms with Crippen LogP contribution in [-0.4, -0.2) is 12.6 Å². The van der Waals surface area contributed by atoms with Crippen molar-refractivity contribution in [2.75, 3.05) is 6.54 Å². The predicted octanol–water partition coefficient (Wildman–Crippen LogP) is 5.15. The highest BCUT2D eigenvalue weighted by atomic mass is 14.9. The van der Waals surface area contributed by atoms with Gasteiger partial charge in [0.15, 0.2) is 0 Å². The van der Waals surface area contributed by atoms with Gasteiger partial charge in [0, 0.05) is 6.04 Å². The summed E-state index contributed by atoms with van der Waals surface area (Å²) in [6.45, 7) is 10.4. The second-order valence-electron chi connectivity index (χ2n) is 5.49. The van der Waals surface area contributed by atoms with E-state index in [1.165, 1.54) is 57.8 Å². The van der Waals surface area contributed by atoms with Gasteiger partial charge < -0.3 is 5.32 Å². The molecule has 0 aromatic heterocycles. The van der Waals surface area contributed by atoms with Crippen molar-refractivity contribution in [3.8, 4) is 0 Å². The van der Waals surface area contributed by atoms with Gasteiger partial charge in [0.25, 0.3) is 0 Å². The summed E-state index contributed by atoms with van der Waals surface area (Å²) in [7, 11) is 0. The maximum atomic E-state index is 3.68. The number of hydrogen-bond donors (Lipinski definition) is 1. The van der Waals surface area contributed by atoms with E-state index in [0.717, 1.165) is 18.5 Å². The maximum absolute atomic E-state index is 3.68. The third kappa shape index (κ3) is 9.64. The SMILES string of the molecule is CCCCCCCC(NCC)C(C)CCCC. The molecule has 2 unspecified atom stereocenters. The fourth-order valence-electron chi connectivity index (χ4n) is 2.55. The van der Waals surface area contributed by atoms with Crippen LogP contribution < -0.4 is 5.32 Å². The van der Waals surface area contributed by atoms with Crippen LogP contribution in [0.4, 0.5) is 0 Å². The van der Waals surface area contributed by atoms with Gasteiger partial charge in [0.05, 0.1) is 0 Å². The lowest BCUT2D eigenvalue weighted by atomic mass is 9.91. The van der Waals surface area contributed by atoms with Crippen LogP contribution in [0.1, 0.15) is 85.5 Å². The van der Waals surface area contributed by atoms with E-state index in [-0.39, 0.29) is 0 Å². The van der Waals surface area contributed by atoms with Crippen LogP contribution in [0.15, 0.2) is 0 Å². The van der Waals surface area contributed by atoms with Crippen molar-refractivity contribution in [2.45, 2.75) is 91.5 Å². The molecule has 1 N–H and O–H groups in total. The molecule has 0 radical (unpaired) electrons. The summed E-state index contributed by atoms with van der Waals surface area (Å²) < 4.78 is 0. The van der Waals surface area contributed by atoms with Crippen molar-refractivity contribution in [2.24, 2.45) is 5.92 Å². The van der Waals surface area contributed by atoms with Gasteiger partial charge in [-0.15, -0.1) is 0 Å². The van der Waals surface area contributed by atoms with Gasteiger partial charge in [-0.1, -0.05) is 72.6 Å². The molecule has 0 aliphatic carbocycles. The van der Waals surface area contributed by atoms with Crippen molar-refractivity contribution in [1.29, 1.82) is 0 Å². The quantitative estimate of drug-likeness (QED) is 0.466. The van der Waals surface area contributed by atoms with Crippen LogP contribution in [0.2, 0.25) is 0 Å². The first-order chi connectivity index (χ1) is 8.26. The summed E-state index contributed by atoms with van der Waals surface area (Å²) in [5, 5.41) is 3.68. The molecular weight excluding hydrogens is 206 g/mol. The zero-order valence-electron chi connectivity index (χ0n) is 12.7. The third-order valence-corrected chi connectivity index (χ3v) is 3.78. The number of hydrogen-bond acceptors (Lipinski definition) is 1. The maximum Gasteiger partial charge on any atom is 0.00925 e. The molecule has 2 atom stereocenters. The third-order valence-electron chi connectivity index (χ3n) is 3.78. The summed E-state index contributed by atoms with van der Waals surface area (Å²) in [5.74, 6) is 0.848. The molecule has 0 saturated heterocycles. The van der Waals surface area contributed by atoms with Gasteiger partial charge >= 0.3 is 0 Å². The Bertz CT molecular complexity index is 144. The molecule has 0 fully saturated rings. The molecule has 0 aliphatic rings. The van der Waals surface area contributed by atoms with Gasteiger partial charge in [0.2, 0.25) is 0 Å². The molecule has 104 valence electrons. The summed E-state index contributed by atoms with van der Waals surface area (Å²) in [5.41, 5.74) is 0. The number of nitrogens with one attached hydrogen (secondary N) is 1. The van der Waals surface area contributed by atoms with Gasteiger partial charge in [-0.3, -0.25) is 0 Å². The van der Waals surface area contributed by atoms with E-state index < -0.39 is 0 Å². The molecular formula is C16H35N. The van der Waals surface area contributed by atoms with Gasteiger partial charge in [0.1, 0.15) is 0 Å². The van der Waals surface area contributed by atoms with E-state index in [2.05, 4.69) is 33.0 Å². The van der Waals surface area contributed by atoms with Crippen molar-refractivity contribution >= 4 is 0 Å². The van der Waals surface area contributed by atoms with Gasteiger partial charge in [-0.25, -0.2) is 0 Å². The molecule has 1 heteroatoms. The fraction of sp³-hybridized carbons (Fsp3) is 1.00. The molecule has 0 rings (SSSR count). The summed E-state index contributed by atoms with van der Waals surface area (Å²) in [6, 6.07) is 0.758. The Morgan fingerprint density at radius 3 is 2.00 bits per heavy atom. The largest absolute Gasteiger partial charge is 0.314 e. The molecule has 0 aliphatic heterocycles. The molecule has 0 heterocycles. The van der Waals surface area contributed by atoms with E-state index in [1.54, 1.807) is 0 Å². The molecule has 0 spiro atoms. The highest BCUT2D eigenvalue weighted by molar-refractivity contribution is 4.73. The van der Waals surface area contributed by atoms with Crippen LogP contribution in [0, 0.1) is 5.92 Å². The van der Waals surface area contributed by atoms with Crippen LogP contribution >= 0.6 is 0 Å². The number of unbranched alkanes of at least 4 members (excludes halogenated alkanes) is 5. The zero-order valence-corrected chi connectivity index (χ0v) is 12.7. The lowest BCUT2D eigenvalue weighted by Crippen LogP contribution is -2.34. The van der Waals surface area contributed by atoms with Crippen molar-refractivity contribution in [3.63, 3.8) is 0 Å². The molecule has 0 aromatic rings. The number of rotatable bonds is 12. The smallest absolute Gasteiger partial charge is 0.00925 e. The lowest BCUT2D eigenvalue weighted by molar-refractivity contribution is 0.328. The van der Waals surface area contributed by atoms with Crippen LogP contribution in [-0.2, 0) is 0 Å². The average molecular weight is 241 g/mol. The minimum absolute atomic E-state index is 0.758. The highest BCUT2D eigenvalue weighted by Crippen LogP contribution is 2.18. The zero-order chi connectivity index (χ0) is 12.9. The monoisotopic (exact) mass is 241 g/mol. The summed E-state index contributed by atoms with van der Waals surface area (Å²) in [6.07, 6.45) is 12.5. The normalized spacial score (nSPS) is 14.8. The second kappa shape index (κ2) is 12.4. The first-order valence-corrected chi connectivity index (χ1v) is 7.99. The standard InChI is InChI=1S/C16H35N/c1-5-8-10-11-12-14-16(17-7-3)15(4)13-9-6-2/h15-17H,5-14H2,1-4H3. The van der Waals surface area contributed by atoms with Crippen molar-refractivity contribution < 1.29 is 0 Å². The summed E-state index contributed by atoms with van der Waals surface area (Å²) >= 11 is 0. The Hall–Kier alpha value is -0.0400. The minimum Gasteiger partial charge on any atom is -0.314 e. The second-order valence-corrected chi connectivity index (χ2v) is 5.49. The molecule has 1 nitrogen and oxygen atoms in total. The van der Waals surface area contributed by atoms with E-state index in [1.807, 2.05) is 0 Å². The van der Waals surface area contributed by atoms with Gasteiger partial charge in [-0.2, -0.15) is 0 Å². The molecule has 17 heavy (non-hydrogen) atoms. The Morgan fingerprint density at radius 2 is 1.41 bits per heavy atom. The van der Waals surface area contributed by atoms with E-state index in [4.69, 9.17) is 0 Å². The summed E-state index contributed by atoms with van der Waals surface area (Å²) in [4.78, 5) is 0. The van der Waals surface area contributed by atoms with Crippen molar-refractivity contribution in [1.82, 2.24) is 5.32 Å². The highest BCUT2D eigenvalue weighted by Gasteiger charge is 2.14. The Balaban J connectivity index is 3.72. The first-order valence-electron chi connectivity index (χ1n) is 7.99. The Kier molecular flexibility index (Phi) is 12.4. The van der Waals surface area contributed by atoms with Crippen molar-refractivity contribution in [3.05, 3.63) is 0 Å². The molecule has 0 saturated carbocycles. The minimum atomic E-state index is 0.758. The first kappa shape index (κ1) is 17.0. The van der Waals surface area contributed by atoms with E-state index in [9.17, 15) is 0 Å². The Labute approximate surface area is 110 Å². The van der Waals surface area contributed by atoms with Crippen LogP contribution in [0.5, 0.6) is 0 Å². The van der Waals surface area contributed by atoms with Crippen LogP contribution in [0.3, 0.4) is 0 Å². The molecule has 0 bridgehead atoms. The Morgan fingerprint density at radius 1 is 0.765 bits per heavy atom. The lowest BCUT2D eigenvalue weighted by Gasteiger charge is -2.25. The fourth-order valence-corrected chi connectivity index (χ4v) is 2.55. The van der Waals surface area contributed by atoms with E-state index >= 15 is 0 Å². The van der Waals surface area contributed by atoms with Crippen LogP contribution in [0.25, 0.3) is 0 Å². The van der Waals surface area contributed by atoms with Gasteiger partial charge in [-0.05, 0) is 25.3 Å². The predicted molar refractivity (Wildman–Crippen MR) is 79.5 cm³/mol. The topological polar surface area (TPSA) is 12.0 Å². The molecule has 0 amide bonds. The van der Waals surface area contributed by atoms with E-state index in [0.29, 0.717) is 0 Å². The average Bonchev–Trinajstić information content (AvgIpc) is 2.34.